The number of rotatable bonds is 4. The van der Waals surface area contributed by atoms with E-state index in [4.69, 9.17) is 5.26 Å². The van der Waals surface area contributed by atoms with Crippen molar-refractivity contribution in [3.05, 3.63) is 0 Å². The highest BCUT2D eigenvalue weighted by molar-refractivity contribution is 4.80. The molecule has 0 aliphatic carbocycles. The molecule has 0 rings (SSSR count). The molecule has 0 saturated carbocycles. The highest BCUT2D eigenvalue weighted by Crippen LogP contribution is 2.09. The van der Waals surface area contributed by atoms with Gasteiger partial charge in [0, 0.05) is 5.92 Å². The SMILES string of the molecule is CCCC[C@@H](C#N)CC. The molecule has 0 bridgehead atoms. The van der Waals surface area contributed by atoms with E-state index in [0.29, 0.717) is 5.92 Å². The van der Waals surface area contributed by atoms with Gasteiger partial charge in [0.25, 0.3) is 0 Å². The van der Waals surface area contributed by atoms with Crippen molar-refractivity contribution in [3.8, 4) is 6.07 Å². The highest BCUT2D eigenvalue weighted by atomic mass is 14.3. The zero-order chi connectivity index (χ0) is 7.11. The Hall–Kier alpha value is -0.510. The van der Waals surface area contributed by atoms with Crippen molar-refractivity contribution in [3.63, 3.8) is 0 Å². The summed E-state index contributed by atoms with van der Waals surface area (Å²) in [6.07, 6.45) is 4.50. The van der Waals surface area contributed by atoms with Crippen LogP contribution in [0, 0.1) is 17.2 Å². The minimum Gasteiger partial charge on any atom is -0.198 e. The van der Waals surface area contributed by atoms with E-state index in [2.05, 4.69) is 19.9 Å². The van der Waals surface area contributed by atoms with Gasteiger partial charge >= 0.3 is 0 Å². The van der Waals surface area contributed by atoms with Gasteiger partial charge in [0.2, 0.25) is 0 Å². The lowest BCUT2D eigenvalue weighted by Gasteiger charge is -2.01. The molecular weight excluding hydrogens is 110 g/mol. The molecule has 0 aromatic rings. The van der Waals surface area contributed by atoms with Gasteiger partial charge in [0.05, 0.1) is 6.07 Å². The normalized spacial score (nSPS) is 12.6. The van der Waals surface area contributed by atoms with Gasteiger partial charge in [-0.1, -0.05) is 26.7 Å². The first kappa shape index (κ1) is 8.49. The fraction of sp³-hybridized carbons (Fsp3) is 0.875. The molecule has 1 heteroatoms. The van der Waals surface area contributed by atoms with Crippen LogP contribution in [0.2, 0.25) is 0 Å². The van der Waals surface area contributed by atoms with Gasteiger partial charge in [-0.25, -0.2) is 0 Å². The first-order valence-corrected chi connectivity index (χ1v) is 3.74. The number of hydrogen-bond acceptors (Lipinski definition) is 1. The number of nitrogens with zero attached hydrogens (tertiary/aromatic N) is 1. The zero-order valence-electron chi connectivity index (χ0n) is 6.35. The van der Waals surface area contributed by atoms with Gasteiger partial charge in [-0.2, -0.15) is 5.26 Å². The molecule has 0 fully saturated rings. The molecule has 0 saturated heterocycles. The molecule has 0 heterocycles. The number of nitriles is 1. The number of hydrogen-bond donors (Lipinski definition) is 0. The standard InChI is InChI=1S/C8H15N/c1-3-5-6-8(4-2)7-9/h8H,3-6H2,1-2H3/t8-/m0/s1. The highest BCUT2D eigenvalue weighted by Gasteiger charge is 2.00. The Balaban J connectivity index is 3.23. The molecule has 52 valence electrons. The molecule has 0 aromatic carbocycles. The summed E-state index contributed by atoms with van der Waals surface area (Å²) in [5.41, 5.74) is 0. The van der Waals surface area contributed by atoms with E-state index in [1.807, 2.05) is 0 Å². The third-order valence-electron chi connectivity index (χ3n) is 1.58. The van der Waals surface area contributed by atoms with E-state index < -0.39 is 0 Å². The predicted octanol–water partition coefficient (Wildman–Crippen LogP) is 2.73. The van der Waals surface area contributed by atoms with Crippen LogP contribution in [-0.4, -0.2) is 0 Å². The van der Waals surface area contributed by atoms with Gasteiger partial charge in [0.1, 0.15) is 0 Å². The quantitative estimate of drug-likeness (QED) is 0.566. The molecule has 0 unspecified atom stereocenters. The maximum Gasteiger partial charge on any atom is 0.0655 e. The summed E-state index contributed by atoms with van der Waals surface area (Å²) in [5.74, 6) is 0.310. The molecule has 0 spiro atoms. The van der Waals surface area contributed by atoms with Crippen molar-refractivity contribution >= 4 is 0 Å². The van der Waals surface area contributed by atoms with Crippen LogP contribution in [0.15, 0.2) is 0 Å². The topological polar surface area (TPSA) is 23.8 Å². The van der Waals surface area contributed by atoms with Crippen LogP contribution < -0.4 is 0 Å². The van der Waals surface area contributed by atoms with Crippen molar-refractivity contribution in [1.82, 2.24) is 0 Å². The van der Waals surface area contributed by atoms with Crippen molar-refractivity contribution in [2.45, 2.75) is 39.5 Å². The third-order valence-corrected chi connectivity index (χ3v) is 1.58. The Morgan fingerprint density at radius 2 is 2.11 bits per heavy atom. The Labute approximate surface area is 57.7 Å². The minimum atomic E-state index is 0.310. The summed E-state index contributed by atoms with van der Waals surface area (Å²) in [6.45, 7) is 4.23. The largest absolute Gasteiger partial charge is 0.198 e. The van der Waals surface area contributed by atoms with Gasteiger partial charge in [-0.3, -0.25) is 0 Å². The van der Waals surface area contributed by atoms with E-state index in [0.717, 1.165) is 12.8 Å². The van der Waals surface area contributed by atoms with Crippen LogP contribution in [-0.2, 0) is 0 Å². The van der Waals surface area contributed by atoms with Crippen LogP contribution >= 0.6 is 0 Å². The molecule has 0 aromatic heterocycles. The van der Waals surface area contributed by atoms with Crippen LogP contribution in [0.5, 0.6) is 0 Å². The molecule has 0 N–H and O–H groups in total. The monoisotopic (exact) mass is 125 g/mol. The molecule has 0 amide bonds. The summed E-state index contributed by atoms with van der Waals surface area (Å²) in [7, 11) is 0. The smallest absolute Gasteiger partial charge is 0.0655 e. The second-order valence-electron chi connectivity index (χ2n) is 2.38. The summed E-state index contributed by atoms with van der Waals surface area (Å²) in [4.78, 5) is 0. The fourth-order valence-corrected chi connectivity index (χ4v) is 0.810. The molecule has 1 atom stereocenters. The minimum absolute atomic E-state index is 0.310. The summed E-state index contributed by atoms with van der Waals surface area (Å²) < 4.78 is 0. The predicted molar refractivity (Wildman–Crippen MR) is 38.9 cm³/mol. The lowest BCUT2D eigenvalue weighted by atomic mass is 10.0. The van der Waals surface area contributed by atoms with Gasteiger partial charge < -0.3 is 0 Å². The van der Waals surface area contributed by atoms with Crippen LogP contribution in [0.4, 0.5) is 0 Å². The van der Waals surface area contributed by atoms with E-state index >= 15 is 0 Å². The van der Waals surface area contributed by atoms with Crippen molar-refractivity contribution in [1.29, 1.82) is 5.26 Å². The second kappa shape index (κ2) is 5.62. The summed E-state index contributed by atoms with van der Waals surface area (Å²) >= 11 is 0. The molecule has 0 radical (unpaired) electrons. The van der Waals surface area contributed by atoms with E-state index in [1.165, 1.54) is 12.8 Å². The Morgan fingerprint density at radius 3 is 2.44 bits per heavy atom. The maximum absolute atomic E-state index is 8.50. The average Bonchev–Trinajstić information content (AvgIpc) is 1.91. The molecule has 9 heavy (non-hydrogen) atoms. The van der Waals surface area contributed by atoms with Crippen molar-refractivity contribution in [2.75, 3.05) is 0 Å². The summed E-state index contributed by atoms with van der Waals surface area (Å²) in [6, 6.07) is 2.29. The van der Waals surface area contributed by atoms with E-state index in [9.17, 15) is 0 Å². The van der Waals surface area contributed by atoms with Crippen molar-refractivity contribution in [2.24, 2.45) is 5.92 Å². The maximum atomic E-state index is 8.50. The van der Waals surface area contributed by atoms with Crippen LogP contribution in [0.3, 0.4) is 0 Å². The Kier molecular flexibility index (Phi) is 5.30. The molecule has 1 nitrogen and oxygen atoms in total. The second-order valence-corrected chi connectivity index (χ2v) is 2.38. The van der Waals surface area contributed by atoms with Crippen LogP contribution in [0.25, 0.3) is 0 Å². The third kappa shape index (κ3) is 4.02. The summed E-state index contributed by atoms with van der Waals surface area (Å²) in [5, 5.41) is 8.50. The molecule has 0 aliphatic heterocycles. The lowest BCUT2D eigenvalue weighted by molar-refractivity contribution is 0.551. The first-order valence-electron chi connectivity index (χ1n) is 3.74. The van der Waals surface area contributed by atoms with Gasteiger partial charge in [0.15, 0.2) is 0 Å². The van der Waals surface area contributed by atoms with Crippen molar-refractivity contribution < 1.29 is 0 Å². The molecular formula is C8H15N. The average molecular weight is 125 g/mol. The Bertz CT molecular complexity index is 91.2. The first-order chi connectivity index (χ1) is 4.35. The zero-order valence-corrected chi connectivity index (χ0v) is 6.35. The van der Waals surface area contributed by atoms with E-state index in [1.54, 1.807) is 0 Å². The van der Waals surface area contributed by atoms with Crippen LogP contribution in [0.1, 0.15) is 39.5 Å². The van der Waals surface area contributed by atoms with Gasteiger partial charge in [-0.15, -0.1) is 0 Å². The fourth-order valence-electron chi connectivity index (χ4n) is 0.810. The molecule has 0 aliphatic rings. The Morgan fingerprint density at radius 1 is 1.44 bits per heavy atom. The lowest BCUT2D eigenvalue weighted by Crippen LogP contribution is -1.93. The number of unbranched alkanes of at least 4 members (excludes halogenated alkanes) is 1. The van der Waals surface area contributed by atoms with E-state index in [-0.39, 0.29) is 0 Å². The van der Waals surface area contributed by atoms with Gasteiger partial charge in [-0.05, 0) is 12.8 Å².